The summed E-state index contributed by atoms with van der Waals surface area (Å²) in [6.07, 6.45) is 0.855. The minimum Gasteiger partial charge on any atom is -0.383 e. The zero-order valence-electron chi connectivity index (χ0n) is 11.7. The van der Waals surface area contributed by atoms with E-state index in [1.54, 1.807) is 0 Å². The molecule has 4 nitrogen and oxygen atoms in total. The predicted molar refractivity (Wildman–Crippen MR) is 90.6 cm³/mol. The lowest BCUT2D eigenvalue weighted by molar-refractivity contribution is 0.919. The molecule has 1 heterocycles. The molecule has 2 aromatic carbocycles. The first-order valence-electron chi connectivity index (χ1n) is 6.76. The number of nitrogens with two attached hydrogens (primary N) is 2. The molecule has 0 unspecified atom stereocenters. The molecule has 0 aliphatic carbocycles. The maximum atomic E-state index is 5.99. The molecule has 0 spiro atoms. The summed E-state index contributed by atoms with van der Waals surface area (Å²) >= 11 is 0. The number of anilines is 2. The Kier molecular flexibility index (Phi) is 4.83. The average Bonchev–Trinajstić information content (AvgIpc) is 2.49. The van der Waals surface area contributed by atoms with Crippen molar-refractivity contribution in [2.24, 2.45) is 16.5 Å². The minimum atomic E-state index is 0. The van der Waals surface area contributed by atoms with Crippen LogP contribution in [0.15, 0.2) is 53.5 Å². The van der Waals surface area contributed by atoms with Crippen LogP contribution in [0.4, 0.5) is 11.4 Å². The van der Waals surface area contributed by atoms with Gasteiger partial charge < -0.3 is 16.4 Å². The highest BCUT2D eigenvalue weighted by Crippen LogP contribution is 2.33. The van der Waals surface area contributed by atoms with Crippen molar-refractivity contribution in [3.05, 3.63) is 59.7 Å². The second-order valence-corrected chi connectivity index (χ2v) is 4.80. The second-order valence-electron chi connectivity index (χ2n) is 4.80. The Morgan fingerprint density at radius 1 is 1.00 bits per heavy atom. The van der Waals surface area contributed by atoms with Crippen molar-refractivity contribution in [1.82, 2.24) is 0 Å². The topological polar surface area (TPSA) is 67.6 Å². The molecular weight excluding hydrogens is 284 g/mol. The van der Waals surface area contributed by atoms with Gasteiger partial charge in [-0.1, -0.05) is 30.3 Å². The normalized spacial score (nSPS) is 13.2. The van der Waals surface area contributed by atoms with Crippen molar-refractivity contribution in [3.8, 4) is 0 Å². The van der Waals surface area contributed by atoms with E-state index in [0.717, 1.165) is 23.4 Å². The molecule has 3 rings (SSSR count). The van der Waals surface area contributed by atoms with Crippen molar-refractivity contribution in [2.45, 2.75) is 6.42 Å². The minimum absolute atomic E-state index is 0. The van der Waals surface area contributed by atoms with Gasteiger partial charge in [0, 0.05) is 11.3 Å². The largest absolute Gasteiger partial charge is 0.383 e. The van der Waals surface area contributed by atoms with Crippen LogP contribution in [0.5, 0.6) is 0 Å². The molecule has 4 N–H and O–H groups in total. The third kappa shape index (κ3) is 2.86. The van der Waals surface area contributed by atoms with Gasteiger partial charge in [-0.05, 0) is 36.7 Å². The highest BCUT2D eigenvalue weighted by molar-refractivity contribution is 6.04. The van der Waals surface area contributed by atoms with Gasteiger partial charge in [-0.2, -0.15) is 0 Å². The number of rotatable bonds is 3. The number of hydrogen-bond donors (Lipinski definition) is 2. The molecule has 2 aromatic rings. The maximum Gasteiger partial charge on any atom is 0.129 e. The van der Waals surface area contributed by atoms with Gasteiger partial charge in [-0.25, -0.2) is 4.99 Å². The van der Waals surface area contributed by atoms with Crippen LogP contribution in [0.25, 0.3) is 0 Å². The number of hydrogen-bond acceptors (Lipinski definition) is 4. The first-order valence-corrected chi connectivity index (χ1v) is 6.76. The number of nitrogens with zero attached hydrogens (tertiary/aromatic N) is 2. The number of fused-ring (bicyclic) bond motifs is 1. The number of benzene rings is 2. The number of amidine groups is 1. The van der Waals surface area contributed by atoms with Crippen LogP contribution in [-0.2, 0) is 6.42 Å². The van der Waals surface area contributed by atoms with E-state index in [1.807, 2.05) is 30.3 Å². The summed E-state index contributed by atoms with van der Waals surface area (Å²) < 4.78 is 0. The monoisotopic (exact) mass is 302 g/mol. The van der Waals surface area contributed by atoms with E-state index in [9.17, 15) is 0 Å². The summed E-state index contributed by atoms with van der Waals surface area (Å²) in [5.74, 6) is 0.605. The van der Waals surface area contributed by atoms with Crippen LogP contribution in [0.3, 0.4) is 0 Å². The molecule has 0 bridgehead atoms. The summed E-state index contributed by atoms with van der Waals surface area (Å²) in [7, 11) is 0. The predicted octanol–water partition coefficient (Wildman–Crippen LogP) is 2.42. The highest BCUT2D eigenvalue weighted by atomic mass is 35.5. The molecule has 0 aromatic heterocycles. The van der Waals surface area contributed by atoms with Gasteiger partial charge in [-0.15, -0.1) is 12.4 Å². The lowest BCUT2D eigenvalue weighted by Gasteiger charge is -2.30. The molecule has 0 atom stereocenters. The highest BCUT2D eigenvalue weighted by Gasteiger charge is 2.20. The third-order valence-electron chi connectivity index (χ3n) is 3.55. The van der Waals surface area contributed by atoms with E-state index in [-0.39, 0.29) is 12.4 Å². The van der Waals surface area contributed by atoms with Gasteiger partial charge in [0.25, 0.3) is 0 Å². The van der Waals surface area contributed by atoms with E-state index in [2.05, 4.69) is 28.1 Å². The fourth-order valence-electron chi connectivity index (χ4n) is 2.58. The van der Waals surface area contributed by atoms with Crippen LogP contribution in [0.1, 0.15) is 11.1 Å². The Hall–Kier alpha value is -2.04. The van der Waals surface area contributed by atoms with Crippen molar-refractivity contribution >= 4 is 29.6 Å². The van der Waals surface area contributed by atoms with E-state index >= 15 is 0 Å². The molecule has 21 heavy (non-hydrogen) atoms. The third-order valence-corrected chi connectivity index (χ3v) is 3.55. The number of halogens is 1. The zero-order chi connectivity index (χ0) is 13.9. The van der Waals surface area contributed by atoms with Crippen LogP contribution < -0.4 is 16.4 Å². The molecule has 1 aliphatic heterocycles. The zero-order valence-corrected chi connectivity index (χ0v) is 12.5. The molecule has 1 aliphatic rings. The van der Waals surface area contributed by atoms with Crippen molar-refractivity contribution in [1.29, 1.82) is 0 Å². The van der Waals surface area contributed by atoms with E-state index < -0.39 is 0 Å². The first-order chi connectivity index (χ1) is 9.81. The lowest BCUT2D eigenvalue weighted by Crippen LogP contribution is -2.30. The number of para-hydroxylation sites is 2. The van der Waals surface area contributed by atoms with Crippen molar-refractivity contribution in [2.75, 3.05) is 18.1 Å². The molecular formula is C16H19ClN4. The Morgan fingerprint density at radius 3 is 2.43 bits per heavy atom. The quantitative estimate of drug-likeness (QED) is 0.915. The van der Waals surface area contributed by atoms with Crippen LogP contribution >= 0.6 is 12.4 Å². The SMILES string of the molecule is Cl.NCCc1ccccc1N1CN=C(N)c2ccccc21. The van der Waals surface area contributed by atoms with Gasteiger partial charge in [0.1, 0.15) is 12.5 Å². The fraction of sp³-hybridized carbons (Fsp3) is 0.188. The fourth-order valence-corrected chi connectivity index (χ4v) is 2.58. The van der Waals surface area contributed by atoms with Crippen LogP contribution in [0.2, 0.25) is 0 Å². The summed E-state index contributed by atoms with van der Waals surface area (Å²) in [5.41, 5.74) is 16.2. The van der Waals surface area contributed by atoms with Gasteiger partial charge >= 0.3 is 0 Å². The summed E-state index contributed by atoms with van der Waals surface area (Å²) in [6.45, 7) is 1.18. The standard InChI is InChI=1S/C16H18N4.ClH/c17-10-9-12-5-1-3-7-14(12)20-11-19-16(18)13-6-2-4-8-15(13)20;/h1-8H,9-11,17H2,(H2,18,19);1H. The van der Waals surface area contributed by atoms with Crippen LogP contribution in [0, 0.1) is 0 Å². The van der Waals surface area contributed by atoms with Crippen LogP contribution in [-0.4, -0.2) is 19.0 Å². The van der Waals surface area contributed by atoms with Gasteiger partial charge in [0.05, 0.1) is 5.69 Å². The molecule has 0 fully saturated rings. The summed E-state index contributed by atoms with van der Waals surface area (Å²) in [5, 5.41) is 0. The lowest BCUT2D eigenvalue weighted by atomic mass is 10.1. The second kappa shape index (κ2) is 6.61. The number of aliphatic imine (C=N–C) groups is 1. The Balaban J connectivity index is 0.00000161. The Labute approximate surface area is 130 Å². The summed E-state index contributed by atoms with van der Waals surface area (Å²) in [4.78, 5) is 6.61. The molecule has 0 amide bonds. The molecule has 0 saturated heterocycles. The Morgan fingerprint density at radius 2 is 1.67 bits per heavy atom. The van der Waals surface area contributed by atoms with E-state index in [4.69, 9.17) is 11.5 Å². The van der Waals surface area contributed by atoms with E-state index in [1.165, 1.54) is 5.56 Å². The molecule has 0 radical (unpaired) electrons. The van der Waals surface area contributed by atoms with Gasteiger partial charge in [0.15, 0.2) is 0 Å². The van der Waals surface area contributed by atoms with Gasteiger partial charge in [0.2, 0.25) is 0 Å². The smallest absolute Gasteiger partial charge is 0.129 e. The Bertz CT molecular complexity index is 654. The first kappa shape index (κ1) is 15.4. The maximum absolute atomic E-state index is 5.99. The average molecular weight is 303 g/mol. The molecule has 5 heteroatoms. The van der Waals surface area contributed by atoms with E-state index in [0.29, 0.717) is 19.0 Å². The van der Waals surface area contributed by atoms with Crippen molar-refractivity contribution in [3.63, 3.8) is 0 Å². The summed E-state index contributed by atoms with van der Waals surface area (Å²) in [6, 6.07) is 16.4. The molecule has 110 valence electrons. The molecule has 0 saturated carbocycles. The van der Waals surface area contributed by atoms with Gasteiger partial charge in [-0.3, -0.25) is 0 Å². The van der Waals surface area contributed by atoms with Crippen molar-refractivity contribution < 1.29 is 0 Å².